The predicted molar refractivity (Wildman–Crippen MR) is 78.2 cm³/mol. The van der Waals surface area contributed by atoms with E-state index in [1.807, 2.05) is 20.8 Å². The topological polar surface area (TPSA) is 94.0 Å². The van der Waals surface area contributed by atoms with E-state index in [4.69, 9.17) is 20.5 Å². The summed E-state index contributed by atoms with van der Waals surface area (Å²) in [6, 6.07) is 7.23. The fourth-order valence-electron chi connectivity index (χ4n) is 1.65. The van der Waals surface area contributed by atoms with Crippen LogP contribution >= 0.6 is 0 Å². The third kappa shape index (κ3) is 3.39. The monoisotopic (exact) mass is 284 g/mol. The first-order chi connectivity index (χ1) is 10.0. The molecule has 0 atom stereocenters. The minimum absolute atomic E-state index is 0.0568. The second-order valence-electron chi connectivity index (χ2n) is 4.76. The molecule has 2 aromatic rings. The van der Waals surface area contributed by atoms with E-state index in [1.165, 1.54) is 6.33 Å². The molecule has 108 valence electrons. The van der Waals surface area contributed by atoms with Crippen LogP contribution in [0, 0.1) is 18.3 Å². The molecule has 0 aliphatic rings. The number of nitriles is 1. The number of aromatic nitrogens is 2. The SMILES string of the molecule is Cc1ccc(C#N)cc1Oc1ncnc(OC(C)C)c1N. The lowest BCUT2D eigenvalue weighted by molar-refractivity contribution is 0.232. The molecule has 1 heterocycles. The van der Waals surface area contributed by atoms with Crippen LogP contribution in [0.4, 0.5) is 5.69 Å². The van der Waals surface area contributed by atoms with Crippen LogP contribution in [-0.2, 0) is 0 Å². The number of hydrogen-bond donors (Lipinski definition) is 1. The summed E-state index contributed by atoms with van der Waals surface area (Å²) in [4.78, 5) is 8.00. The Balaban J connectivity index is 2.34. The van der Waals surface area contributed by atoms with E-state index in [1.54, 1.807) is 18.2 Å². The highest BCUT2D eigenvalue weighted by Gasteiger charge is 2.14. The minimum atomic E-state index is -0.0568. The summed E-state index contributed by atoms with van der Waals surface area (Å²) < 4.78 is 11.2. The van der Waals surface area contributed by atoms with Gasteiger partial charge in [0.2, 0.25) is 11.8 Å². The van der Waals surface area contributed by atoms with Gasteiger partial charge in [-0.3, -0.25) is 0 Å². The lowest BCUT2D eigenvalue weighted by atomic mass is 10.1. The highest BCUT2D eigenvalue weighted by atomic mass is 16.5. The van der Waals surface area contributed by atoms with E-state index in [2.05, 4.69) is 16.0 Å². The maximum Gasteiger partial charge on any atom is 0.249 e. The maximum absolute atomic E-state index is 8.94. The molecular formula is C15H16N4O2. The van der Waals surface area contributed by atoms with Gasteiger partial charge in [-0.05, 0) is 38.5 Å². The van der Waals surface area contributed by atoms with Gasteiger partial charge in [0.1, 0.15) is 12.1 Å². The van der Waals surface area contributed by atoms with Crippen molar-refractivity contribution in [1.29, 1.82) is 5.26 Å². The van der Waals surface area contributed by atoms with Crippen LogP contribution < -0.4 is 15.2 Å². The Kier molecular flexibility index (Phi) is 4.24. The Morgan fingerprint density at radius 1 is 1.24 bits per heavy atom. The molecule has 0 saturated carbocycles. The van der Waals surface area contributed by atoms with Crippen molar-refractivity contribution in [2.75, 3.05) is 5.73 Å². The van der Waals surface area contributed by atoms with Crippen LogP contribution in [0.3, 0.4) is 0 Å². The summed E-state index contributed by atoms with van der Waals surface area (Å²) in [5.74, 6) is 1.01. The third-order valence-corrected chi connectivity index (χ3v) is 2.68. The highest BCUT2D eigenvalue weighted by molar-refractivity contribution is 5.57. The molecule has 0 fully saturated rings. The highest BCUT2D eigenvalue weighted by Crippen LogP contribution is 2.32. The first-order valence-corrected chi connectivity index (χ1v) is 6.47. The smallest absolute Gasteiger partial charge is 0.249 e. The summed E-state index contributed by atoms with van der Waals surface area (Å²) in [5.41, 5.74) is 7.56. The lowest BCUT2D eigenvalue weighted by Crippen LogP contribution is -2.10. The molecule has 6 heteroatoms. The van der Waals surface area contributed by atoms with E-state index in [0.717, 1.165) is 5.56 Å². The molecule has 2 rings (SSSR count). The Bertz CT molecular complexity index is 693. The maximum atomic E-state index is 8.94. The van der Waals surface area contributed by atoms with Gasteiger partial charge in [0.25, 0.3) is 0 Å². The summed E-state index contributed by atoms with van der Waals surface area (Å²) >= 11 is 0. The van der Waals surface area contributed by atoms with Crippen molar-refractivity contribution in [2.45, 2.75) is 26.9 Å². The molecule has 0 spiro atoms. The summed E-state index contributed by atoms with van der Waals surface area (Å²) in [5, 5.41) is 8.94. The molecule has 0 saturated heterocycles. The van der Waals surface area contributed by atoms with E-state index in [0.29, 0.717) is 11.3 Å². The second kappa shape index (κ2) is 6.09. The van der Waals surface area contributed by atoms with E-state index in [9.17, 15) is 0 Å². The van der Waals surface area contributed by atoms with Crippen LogP contribution in [-0.4, -0.2) is 16.1 Å². The van der Waals surface area contributed by atoms with Gasteiger partial charge in [-0.1, -0.05) is 6.07 Å². The van der Waals surface area contributed by atoms with Crippen molar-refractivity contribution >= 4 is 5.69 Å². The number of rotatable bonds is 4. The molecule has 0 unspecified atom stereocenters. The number of aryl methyl sites for hydroxylation is 1. The number of ether oxygens (including phenoxy) is 2. The van der Waals surface area contributed by atoms with Crippen molar-refractivity contribution in [2.24, 2.45) is 0 Å². The third-order valence-electron chi connectivity index (χ3n) is 2.68. The average molecular weight is 284 g/mol. The zero-order valence-electron chi connectivity index (χ0n) is 12.1. The molecule has 0 aliphatic carbocycles. The molecular weight excluding hydrogens is 268 g/mol. The van der Waals surface area contributed by atoms with Crippen molar-refractivity contribution in [3.05, 3.63) is 35.7 Å². The lowest BCUT2D eigenvalue weighted by Gasteiger charge is -2.14. The largest absolute Gasteiger partial charge is 0.473 e. The Hall–Kier alpha value is -2.81. The van der Waals surface area contributed by atoms with E-state index >= 15 is 0 Å². The van der Waals surface area contributed by atoms with Gasteiger partial charge < -0.3 is 15.2 Å². The summed E-state index contributed by atoms with van der Waals surface area (Å²) in [6.07, 6.45) is 1.27. The molecule has 1 aromatic heterocycles. The van der Waals surface area contributed by atoms with Gasteiger partial charge in [0, 0.05) is 0 Å². The zero-order chi connectivity index (χ0) is 15.4. The van der Waals surface area contributed by atoms with Crippen molar-refractivity contribution in [3.8, 4) is 23.6 Å². The minimum Gasteiger partial charge on any atom is -0.473 e. The first-order valence-electron chi connectivity index (χ1n) is 6.47. The van der Waals surface area contributed by atoms with Gasteiger partial charge in [-0.15, -0.1) is 0 Å². The zero-order valence-corrected chi connectivity index (χ0v) is 12.1. The van der Waals surface area contributed by atoms with Crippen molar-refractivity contribution in [3.63, 3.8) is 0 Å². The first kappa shape index (κ1) is 14.6. The van der Waals surface area contributed by atoms with Gasteiger partial charge in [-0.2, -0.15) is 15.2 Å². The van der Waals surface area contributed by atoms with Crippen LogP contribution in [0.15, 0.2) is 24.5 Å². The van der Waals surface area contributed by atoms with Crippen LogP contribution in [0.25, 0.3) is 0 Å². The molecule has 2 N–H and O–H groups in total. The fourth-order valence-corrected chi connectivity index (χ4v) is 1.65. The van der Waals surface area contributed by atoms with Gasteiger partial charge in [0.15, 0.2) is 5.69 Å². The number of nitrogen functional groups attached to an aromatic ring is 1. The van der Waals surface area contributed by atoms with Crippen LogP contribution in [0.1, 0.15) is 25.0 Å². The van der Waals surface area contributed by atoms with E-state index in [-0.39, 0.29) is 23.6 Å². The van der Waals surface area contributed by atoms with Crippen molar-refractivity contribution < 1.29 is 9.47 Å². The molecule has 1 aromatic carbocycles. The van der Waals surface area contributed by atoms with Gasteiger partial charge >= 0.3 is 0 Å². The summed E-state index contributed by atoms with van der Waals surface area (Å²) in [7, 11) is 0. The second-order valence-corrected chi connectivity index (χ2v) is 4.76. The van der Waals surface area contributed by atoms with Crippen molar-refractivity contribution in [1.82, 2.24) is 9.97 Å². The van der Waals surface area contributed by atoms with Gasteiger partial charge in [0.05, 0.1) is 17.7 Å². The molecule has 21 heavy (non-hydrogen) atoms. The molecule has 0 bridgehead atoms. The normalized spacial score (nSPS) is 10.2. The van der Waals surface area contributed by atoms with E-state index < -0.39 is 0 Å². The Morgan fingerprint density at radius 3 is 2.62 bits per heavy atom. The molecule has 0 aliphatic heterocycles. The predicted octanol–water partition coefficient (Wildman–Crippen LogP) is 2.82. The van der Waals surface area contributed by atoms with Crippen LogP contribution in [0.2, 0.25) is 0 Å². The average Bonchev–Trinajstić information content (AvgIpc) is 2.45. The standard InChI is InChI=1S/C15H16N4O2/c1-9(2)20-14-13(17)15(19-8-18-14)21-12-6-11(7-16)5-4-10(12)3/h4-6,8-9H,17H2,1-3H3. The molecule has 0 amide bonds. The van der Waals surface area contributed by atoms with Gasteiger partial charge in [-0.25, -0.2) is 0 Å². The number of nitrogens with two attached hydrogens (primary N) is 1. The number of anilines is 1. The summed E-state index contributed by atoms with van der Waals surface area (Å²) in [6.45, 7) is 5.63. The number of nitrogens with zero attached hydrogens (tertiary/aromatic N) is 3. The Morgan fingerprint density at radius 2 is 1.95 bits per heavy atom. The fraction of sp³-hybridized carbons (Fsp3) is 0.267. The quantitative estimate of drug-likeness (QED) is 0.927. The van der Waals surface area contributed by atoms with Crippen LogP contribution in [0.5, 0.6) is 17.5 Å². The number of hydrogen-bond acceptors (Lipinski definition) is 6. The molecule has 0 radical (unpaired) electrons. The molecule has 6 nitrogen and oxygen atoms in total. The number of benzene rings is 1. The Labute approximate surface area is 123 Å².